The van der Waals surface area contributed by atoms with Crippen molar-refractivity contribution >= 4 is 5.91 Å². The van der Waals surface area contributed by atoms with E-state index in [1.54, 1.807) is 41.3 Å². The van der Waals surface area contributed by atoms with E-state index in [4.69, 9.17) is 0 Å². The number of halogens is 1. The zero-order valence-corrected chi connectivity index (χ0v) is 17.0. The molecule has 0 bridgehead atoms. The molecule has 30 heavy (non-hydrogen) atoms. The Bertz CT molecular complexity index is 1180. The lowest BCUT2D eigenvalue weighted by molar-refractivity contribution is 0.0940. The second kappa shape index (κ2) is 7.94. The van der Waals surface area contributed by atoms with E-state index in [2.05, 4.69) is 15.5 Å². The predicted octanol–water partition coefficient (Wildman–Crippen LogP) is 4.30. The Morgan fingerprint density at radius 3 is 2.20 bits per heavy atom. The summed E-state index contributed by atoms with van der Waals surface area (Å²) >= 11 is 0. The quantitative estimate of drug-likeness (QED) is 0.540. The SMILES string of the molecule is Cc1ccnn1-c1ccc(C(=O)NC(C)c2cnn(-c3ccc(F)cc3)c2C)cc1. The summed E-state index contributed by atoms with van der Waals surface area (Å²) < 4.78 is 16.7. The molecule has 0 aliphatic carbocycles. The van der Waals surface area contributed by atoms with E-state index >= 15 is 0 Å². The van der Waals surface area contributed by atoms with Crippen LogP contribution in [0.1, 0.15) is 40.3 Å². The number of rotatable bonds is 5. The summed E-state index contributed by atoms with van der Waals surface area (Å²) in [4.78, 5) is 12.7. The summed E-state index contributed by atoms with van der Waals surface area (Å²) in [5.41, 5.74) is 5.05. The lowest BCUT2D eigenvalue weighted by Gasteiger charge is -2.15. The van der Waals surface area contributed by atoms with Gasteiger partial charge in [0.2, 0.25) is 0 Å². The molecule has 2 aromatic carbocycles. The Labute approximate surface area is 174 Å². The molecule has 0 fully saturated rings. The molecule has 0 radical (unpaired) electrons. The molecule has 0 saturated heterocycles. The van der Waals surface area contributed by atoms with E-state index in [-0.39, 0.29) is 17.8 Å². The van der Waals surface area contributed by atoms with E-state index in [9.17, 15) is 9.18 Å². The molecule has 2 aromatic heterocycles. The van der Waals surface area contributed by atoms with Gasteiger partial charge in [-0.3, -0.25) is 4.79 Å². The normalized spacial score (nSPS) is 12.0. The number of hydrogen-bond donors (Lipinski definition) is 1. The van der Waals surface area contributed by atoms with Gasteiger partial charge in [0.05, 0.1) is 23.6 Å². The zero-order valence-electron chi connectivity index (χ0n) is 17.0. The molecule has 4 rings (SSSR count). The van der Waals surface area contributed by atoms with Crippen LogP contribution in [0.3, 0.4) is 0 Å². The number of carbonyl (C=O) groups excluding carboxylic acids is 1. The van der Waals surface area contributed by atoms with Gasteiger partial charge in [0.25, 0.3) is 5.91 Å². The van der Waals surface area contributed by atoms with Crippen molar-refractivity contribution in [3.05, 3.63) is 95.3 Å². The molecule has 6 nitrogen and oxygen atoms in total. The van der Waals surface area contributed by atoms with Gasteiger partial charge in [0, 0.05) is 28.7 Å². The summed E-state index contributed by atoms with van der Waals surface area (Å²) in [6.07, 6.45) is 3.47. The van der Waals surface area contributed by atoms with Crippen LogP contribution in [0.2, 0.25) is 0 Å². The number of benzene rings is 2. The second-order valence-electron chi connectivity index (χ2n) is 7.20. The van der Waals surface area contributed by atoms with E-state index in [0.717, 1.165) is 28.3 Å². The van der Waals surface area contributed by atoms with Crippen molar-refractivity contribution in [2.24, 2.45) is 0 Å². The smallest absolute Gasteiger partial charge is 0.251 e. The van der Waals surface area contributed by atoms with Gasteiger partial charge in [0.1, 0.15) is 5.82 Å². The number of amides is 1. The minimum absolute atomic E-state index is 0.167. The van der Waals surface area contributed by atoms with Gasteiger partial charge in [-0.2, -0.15) is 10.2 Å². The zero-order chi connectivity index (χ0) is 21.3. The number of nitrogens with zero attached hydrogens (tertiary/aromatic N) is 4. The Morgan fingerprint density at radius 2 is 1.57 bits per heavy atom. The van der Waals surface area contributed by atoms with E-state index < -0.39 is 0 Å². The van der Waals surface area contributed by atoms with Crippen molar-refractivity contribution in [3.8, 4) is 11.4 Å². The first-order valence-corrected chi connectivity index (χ1v) is 9.66. The molecule has 1 amide bonds. The third-order valence-electron chi connectivity index (χ3n) is 5.14. The summed E-state index contributed by atoms with van der Waals surface area (Å²) in [5.74, 6) is -0.460. The molecule has 2 heterocycles. The van der Waals surface area contributed by atoms with Gasteiger partial charge in [-0.15, -0.1) is 0 Å². The van der Waals surface area contributed by atoms with E-state index in [0.29, 0.717) is 5.56 Å². The van der Waals surface area contributed by atoms with Gasteiger partial charge in [-0.1, -0.05) is 0 Å². The molecule has 1 atom stereocenters. The maximum Gasteiger partial charge on any atom is 0.251 e. The monoisotopic (exact) mass is 403 g/mol. The highest BCUT2D eigenvalue weighted by Crippen LogP contribution is 2.21. The molecule has 0 spiro atoms. The first kappa shape index (κ1) is 19.6. The van der Waals surface area contributed by atoms with Crippen molar-refractivity contribution in [2.45, 2.75) is 26.8 Å². The molecule has 0 saturated carbocycles. The van der Waals surface area contributed by atoms with Crippen LogP contribution in [0.15, 0.2) is 67.0 Å². The van der Waals surface area contributed by atoms with Crippen molar-refractivity contribution < 1.29 is 9.18 Å². The fourth-order valence-electron chi connectivity index (χ4n) is 3.44. The first-order valence-electron chi connectivity index (χ1n) is 9.66. The van der Waals surface area contributed by atoms with E-state index in [1.807, 2.05) is 43.7 Å². The molecule has 7 heteroatoms. The number of nitrogens with one attached hydrogen (secondary N) is 1. The minimum atomic E-state index is -0.293. The van der Waals surface area contributed by atoms with Crippen molar-refractivity contribution in [3.63, 3.8) is 0 Å². The van der Waals surface area contributed by atoms with Gasteiger partial charge in [-0.05, 0) is 75.4 Å². The Hall–Kier alpha value is -3.74. The van der Waals surface area contributed by atoms with Crippen molar-refractivity contribution in [1.29, 1.82) is 0 Å². The average Bonchev–Trinajstić information content (AvgIpc) is 3.34. The molecule has 152 valence electrons. The molecule has 1 N–H and O–H groups in total. The number of aromatic nitrogens is 4. The largest absolute Gasteiger partial charge is 0.345 e. The highest BCUT2D eigenvalue weighted by atomic mass is 19.1. The van der Waals surface area contributed by atoms with Gasteiger partial charge in [0.15, 0.2) is 0 Å². The lowest BCUT2D eigenvalue weighted by atomic mass is 10.1. The van der Waals surface area contributed by atoms with Crippen LogP contribution >= 0.6 is 0 Å². The summed E-state index contributed by atoms with van der Waals surface area (Å²) in [6.45, 7) is 5.82. The van der Waals surface area contributed by atoms with Crippen LogP contribution in [-0.2, 0) is 0 Å². The van der Waals surface area contributed by atoms with Crippen LogP contribution in [0.5, 0.6) is 0 Å². The Balaban J connectivity index is 1.49. The number of aryl methyl sites for hydroxylation is 1. The molecular weight excluding hydrogens is 381 g/mol. The number of carbonyl (C=O) groups is 1. The standard InChI is InChI=1S/C23H22FN5O/c1-15-12-13-25-28(15)20-8-4-18(5-9-20)23(30)27-16(2)22-14-26-29(17(22)3)21-10-6-19(24)7-11-21/h4-14,16H,1-3H3,(H,27,30). The first-order chi connectivity index (χ1) is 14.4. The third kappa shape index (κ3) is 3.74. The Morgan fingerprint density at radius 1 is 0.933 bits per heavy atom. The highest BCUT2D eigenvalue weighted by Gasteiger charge is 2.17. The molecule has 0 aliphatic heterocycles. The van der Waals surface area contributed by atoms with Crippen LogP contribution in [0.25, 0.3) is 11.4 Å². The maximum atomic E-state index is 13.2. The van der Waals surface area contributed by atoms with Crippen LogP contribution in [-0.4, -0.2) is 25.5 Å². The fraction of sp³-hybridized carbons (Fsp3) is 0.174. The fourth-order valence-corrected chi connectivity index (χ4v) is 3.44. The van der Waals surface area contributed by atoms with Gasteiger partial charge < -0.3 is 5.32 Å². The topological polar surface area (TPSA) is 64.7 Å². The molecular formula is C23H22FN5O. The van der Waals surface area contributed by atoms with Gasteiger partial charge >= 0.3 is 0 Å². The second-order valence-corrected chi connectivity index (χ2v) is 7.20. The molecule has 4 aromatic rings. The third-order valence-corrected chi connectivity index (χ3v) is 5.14. The molecule has 0 aliphatic rings. The lowest BCUT2D eigenvalue weighted by Crippen LogP contribution is -2.27. The van der Waals surface area contributed by atoms with Crippen LogP contribution in [0, 0.1) is 19.7 Å². The predicted molar refractivity (Wildman–Crippen MR) is 112 cm³/mol. The minimum Gasteiger partial charge on any atom is -0.345 e. The van der Waals surface area contributed by atoms with Crippen molar-refractivity contribution in [1.82, 2.24) is 24.9 Å². The summed E-state index contributed by atoms with van der Waals surface area (Å²) in [7, 11) is 0. The van der Waals surface area contributed by atoms with E-state index in [1.165, 1.54) is 12.1 Å². The Kier molecular flexibility index (Phi) is 5.18. The van der Waals surface area contributed by atoms with Crippen LogP contribution in [0.4, 0.5) is 4.39 Å². The van der Waals surface area contributed by atoms with Crippen LogP contribution < -0.4 is 5.32 Å². The van der Waals surface area contributed by atoms with Gasteiger partial charge in [-0.25, -0.2) is 13.8 Å². The maximum absolute atomic E-state index is 13.2. The number of hydrogen-bond acceptors (Lipinski definition) is 3. The summed E-state index contributed by atoms with van der Waals surface area (Å²) in [6, 6.07) is 15.1. The van der Waals surface area contributed by atoms with Crippen molar-refractivity contribution in [2.75, 3.05) is 0 Å². The summed E-state index contributed by atoms with van der Waals surface area (Å²) in [5, 5.41) is 11.7. The molecule has 1 unspecified atom stereocenters. The average molecular weight is 403 g/mol. The highest BCUT2D eigenvalue weighted by molar-refractivity contribution is 5.94.